The molecule has 3 amide bonds. The largest absolute Gasteiger partial charge is 0.480 e. The van der Waals surface area contributed by atoms with Crippen molar-refractivity contribution < 1.29 is 24.3 Å². The van der Waals surface area contributed by atoms with Gasteiger partial charge in [-0.1, -0.05) is 18.2 Å². The van der Waals surface area contributed by atoms with Gasteiger partial charge in [0.2, 0.25) is 17.7 Å². The Labute approximate surface area is 223 Å². The minimum absolute atomic E-state index is 0.108. The number of carbonyl (C=O) groups is 4. The molecule has 3 aromatic rings. The van der Waals surface area contributed by atoms with Crippen molar-refractivity contribution in [1.29, 1.82) is 0 Å². The molecule has 12 nitrogen and oxygen atoms in total. The molecule has 38 heavy (non-hydrogen) atoms. The van der Waals surface area contributed by atoms with Gasteiger partial charge < -0.3 is 36.8 Å². The number of thioether (sulfide) groups is 1. The topological polar surface area (TPSA) is 195 Å². The number of nitrogens with one attached hydrogen (secondary N) is 5. The number of hydrogen-bond acceptors (Lipinski definition) is 7. The maximum absolute atomic E-state index is 13.2. The Morgan fingerprint density at radius 2 is 1.76 bits per heavy atom. The number of aromatic amines is 2. The van der Waals surface area contributed by atoms with Crippen molar-refractivity contribution in [2.45, 2.75) is 50.4 Å². The summed E-state index contributed by atoms with van der Waals surface area (Å²) in [4.78, 5) is 60.4. The molecule has 13 heteroatoms. The lowest BCUT2D eigenvalue weighted by atomic mass is 10.0. The van der Waals surface area contributed by atoms with Gasteiger partial charge in [-0.3, -0.25) is 14.4 Å². The Hall–Kier alpha value is -3.84. The molecule has 2 aromatic heterocycles. The standard InChI is InChI=1S/C25H33N7O5S/c1-14(30-23(34)18(26)10-16-12-27-13-29-16)22(33)32-21(24(35)31-20(25(36)37)7-8-38-2)9-15-11-28-19-6-4-3-5-17(15)19/h3-6,11-14,18,20-21,28H,7-10,26H2,1-2H3,(H,27,29)(H,30,34)(H,31,35)(H,32,33)(H,36,37). The van der Waals surface area contributed by atoms with Crippen LogP contribution in [0.5, 0.6) is 0 Å². The van der Waals surface area contributed by atoms with Crippen molar-refractivity contribution in [3.05, 3.63) is 54.2 Å². The number of para-hydroxylation sites is 1. The second-order valence-corrected chi connectivity index (χ2v) is 9.91. The molecule has 2 heterocycles. The molecule has 0 radical (unpaired) electrons. The number of aromatic nitrogens is 3. The fraction of sp³-hybridized carbons (Fsp3) is 0.400. The molecular weight excluding hydrogens is 510 g/mol. The number of H-pyrrole nitrogens is 2. The lowest BCUT2D eigenvalue weighted by Crippen LogP contribution is -2.57. The van der Waals surface area contributed by atoms with E-state index in [0.29, 0.717) is 11.4 Å². The van der Waals surface area contributed by atoms with Crippen LogP contribution in [0.4, 0.5) is 0 Å². The molecule has 204 valence electrons. The number of aliphatic carboxylic acids is 1. The monoisotopic (exact) mass is 543 g/mol. The van der Waals surface area contributed by atoms with Crippen LogP contribution in [-0.4, -0.2) is 79.9 Å². The summed E-state index contributed by atoms with van der Waals surface area (Å²) in [5, 5.41) is 18.2. The molecule has 0 saturated heterocycles. The van der Waals surface area contributed by atoms with Crippen LogP contribution in [0.3, 0.4) is 0 Å². The molecule has 3 rings (SSSR count). The molecule has 0 aliphatic rings. The third-order valence-electron chi connectivity index (χ3n) is 6.04. The molecule has 4 atom stereocenters. The van der Waals surface area contributed by atoms with Gasteiger partial charge >= 0.3 is 5.97 Å². The average molecular weight is 544 g/mol. The predicted molar refractivity (Wildman–Crippen MR) is 144 cm³/mol. The minimum atomic E-state index is -1.16. The summed E-state index contributed by atoms with van der Waals surface area (Å²) >= 11 is 1.47. The normalized spacial score (nSPS) is 14.3. The van der Waals surface area contributed by atoms with E-state index in [1.54, 1.807) is 12.4 Å². The molecule has 0 aliphatic carbocycles. The van der Waals surface area contributed by atoms with Crippen molar-refractivity contribution in [2.75, 3.05) is 12.0 Å². The van der Waals surface area contributed by atoms with E-state index in [1.807, 2.05) is 30.5 Å². The number of imidazole rings is 1. The Kier molecular flexibility index (Phi) is 10.3. The number of carbonyl (C=O) groups excluding carboxylic acids is 3. The van der Waals surface area contributed by atoms with E-state index in [-0.39, 0.29) is 19.3 Å². The number of nitrogens with two attached hydrogens (primary N) is 1. The zero-order valence-electron chi connectivity index (χ0n) is 21.2. The fourth-order valence-corrected chi connectivity index (χ4v) is 4.38. The highest BCUT2D eigenvalue weighted by Crippen LogP contribution is 2.19. The van der Waals surface area contributed by atoms with Crippen LogP contribution in [0.1, 0.15) is 24.6 Å². The molecule has 0 bridgehead atoms. The zero-order valence-corrected chi connectivity index (χ0v) is 22.0. The summed E-state index contributed by atoms with van der Waals surface area (Å²) < 4.78 is 0. The summed E-state index contributed by atoms with van der Waals surface area (Å²) in [6.45, 7) is 1.48. The number of fused-ring (bicyclic) bond motifs is 1. The van der Waals surface area contributed by atoms with Gasteiger partial charge in [0.1, 0.15) is 18.1 Å². The quantitative estimate of drug-likeness (QED) is 0.151. The van der Waals surface area contributed by atoms with Crippen molar-refractivity contribution in [3.8, 4) is 0 Å². The molecular formula is C25H33N7O5S. The van der Waals surface area contributed by atoms with Crippen LogP contribution in [0.25, 0.3) is 10.9 Å². The van der Waals surface area contributed by atoms with Gasteiger partial charge in [-0.25, -0.2) is 9.78 Å². The van der Waals surface area contributed by atoms with Crippen molar-refractivity contribution in [3.63, 3.8) is 0 Å². The number of nitrogens with zero attached hydrogens (tertiary/aromatic N) is 1. The molecule has 0 aliphatic heterocycles. The van der Waals surface area contributed by atoms with E-state index in [2.05, 4.69) is 30.9 Å². The van der Waals surface area contributed by atoms with Crippen LogP contribution < -0.4 is 21.7 Å². The number of rotatable bonds is 14. The summed E-state index contributed by atoms with van der Waals surface area (Å²) in [6, 6.07) is 3.41. The molecule has 1 aromatic carbocycles. The highest BCUT2D eigenvalue weighted by atomic mass is 32.2. The molecule has 4 unspecified atom stereocenters. The van der Waals surface area contributed by atoms with E-state index in [9.17, 15) is 24.3 Å². The zero-order chi connectivity index (χ0) is 27.7. The van der Waals surface area contributed by atoms with Gasteiger partial charge in [0.15, 0.2) is 0 Å². The van der Waals surface area contributed by atoms with Crippen molar-refractivity contribution in [1.82, 2.24) is 30.9 Å². The van der Waals surface area contributed by atoms with E-state index in [1.165, 1.54) is 25.0 Å². The first-order valence-electron chi connectivity index (χ1n) is 12.1. The summed E-state index contributed by atoms with van der Waals surface area (Å²) in [7, 11) is 0. The molecule has 0 fully saturated rings. The lowest BCUT2D eigenvalue weighted by molar-refractivity contribution is -0.142. The highest BCUT2D eigenvalue weighted by molar-refractivity contribution is 7.98. The summed E-state index contributed by atoms with van der Waals surface area (Å²) in [6.07, 6.45) is 7.17. The Morgan fingerprint density at radius 3 is 2.45 bits per heavy atom. The Balaban J connectivity index is 1.72. The number of hydrogen-bond donors (Lipinski definition) is 7. The van der Waals surface area contributed by atoms with Gasteiger partial charge in [-0.2, -0.15) is 11.8 Å². The van der Waals surface area contributed by atoms with Gasteiger partial charge in [0, 0.05) is 41.8 Å². The van der Waals surface area contributed by atoms with Crippen LogP contribution in [0.15, 0.2) is 43.0 Å². The van der Waals surface area contributed by atoms with Gasteiger partial charge in [0.25, 0.3) is 0 Å². The first-order valence-corrected chi connectivity index (χ1v) is 13.5. The first-order chi connectivity index (χ1) is 18.2. The fourth-order valence-electron chi connectivity index (χ4n) is 3.90. The molecule has 8 N–H and O–H groups in total. The number of benzene rings is 1. The van der Waals surface area contributed by atoms with Crippen LogP contribution in [0.2, 0.25) is 0 Å². The van der Waals surface area contributed by atoms with E-state index in [0.717, 1.165) is 16.5 Å². The van der Waals surface area contributed by atoms with E-state index >= 15 is 0 Å². The summed E-state index contributed by atoms with van der Waals surface area (Å²) in [5.41, 5.74) is 8.27. The van der Waals surface area contributed by atoms with Crippen molar-refractivity contribution >= 4 is 46.4 Å². The second-order valence-electron chi connectivity index (χ2n) is 8.92. The first kappa shape index (κ1) is 28.7. The van der Waals surface area contributed by atoms with Crippen molar-refractivity contribution in [2.24, 2.45) is 5.73 Å². The SMILES string of the molecule is CSCCC(NC(=O)C(Cc1c[nH]c2ccccc12)NC(=O)C(C)NC(=O)C(N)Cc1cnc[nH]1)C(=O)O. The smallest absolute Gasteiger partial charge is 0.326 e. The van der Waals surface area contributed by atoms with Gasteiger partial charge in [-0.15, -0.1) is 0 Å². The van der Waals surface area contributed by atoms with Gasteiger partial charge in [0.05, 0.1) is 12.4 Å². The third kappa shape index (κ3) is 7.83. The number of amides is 3. The van der Waals surface area contributed by atoms with Crippen LogP contribution >= 0.6 is 11.8 Å². The number of carboxylic acid groups (broad SMARTS) is 1. The summed E-state index contributed by atoms with van der Waals surface area (Å²) in [5.74, 6) is -2.40. The van der Waals surface area contributed by atoms with E-state index < -0.39 is 47.9 Å². The van der Waals surface area contributed by atoms with Gasteiger partial charge in [-0.05, 0) is 37.0 Å². The van der Waals surface area contributed by atoms with Crippen LogP contribution in [-0.2, 0) is 32.0 Å². The second kappa shape index (κ2) is 13.6. The highest BCUT2D eigenvalue weighted by Gasteiger charge is 2.29. The average Bonchev–Trinajstić information content (AvgIpc) is 3.55. The third-order valence-corrected chi connectivity index (χ3v) is 6.68. The van der Waals surface area contributed by atoms with Crippen LogP contribution in [0, 0.1) is 0 Å². The lowest BCUT2D eigenvalue weighted by Gasteiger charge is -2.24. The number of carboxylic acids is 1. The molecule has 0 saturated carbocycles. The maximum Gasteiger partial charge on any atom is 0.326 e. The maximum atomic E-state index is 13.2. The minimum Gasteiger partial charge on any atom is -0.480 e. The Morgan fingerprint density at radius 1 is 1.03 bits per heavy atom. The predicted octanol–water partition coefficient (Wildman–Crippen LogP) is 0.316. The Bertz CT molecular complexity index is 1250. The van der Waals surface area contributed by atoms with E-state index in [4.69, 9.17) is 5.73 Å². The molecule has 0 spiro atoms.